The molecule has 3 heteroatoms. The van der Waals surface area contributed by atoms with E-state index in [-0.39, 0.29) is 5.60 Å². The van der Waals surface area contributed by atoms with Crippen molar-refractivity contribution in [3.8, 4) is 0 Å². The molecule has 0 spiro atoms. The van der Waals surface area contributed by atoms with E-state index in [2.05, 4.69) is 58.9 Å². The number of aromatic nitrogens is 1. The van der Waals surface area contributed by atoms with Crippen LogP contribution in [0.2, 0.25) is 0 Å². The summed E-state index contributed by atoms with van der Waals surface area (Å²) >= 11 is 3.55. The minimum absolute atomic E-state index is 0.111. The standard InChI is InChI=1S/C14H16BrNO/c1-14(6-3-7-17-14)12-9-16(2)13-5-4-10(15)8-11(12)13/h4-5,8-9H,3,6-7H2,1-2H3. The summed E-state index contributed by atoms with van der Waals surface area (Å²) in [6, 6.07) is 6.43. The molecule has 0 radical (unpaired) electrons. The Kier molecular flexibility index (Phi) is 2.56. The second-order valence-electron chi connectivity index (χ2n) is 5.00. The van der Waals surface area contributed by atoms with E-state index < -0.39 is 0 Å². The number of hydrogen-bond acceptors (Lipinski definition) is 1. The largest absolute Gasteiger partial charge is 0.371 e. The van der Waals surface area contributed by atoms with Crippen molar-refractivity contribution in [2.24, 2.45) is 7.05 Å². The zero-order valence-corrected chi connectivity index (χ0v) is 11.8. The molecule has 2 aromatic rings. The second kappa shape index (κ2) is 3.85. The lowest BCUT2D eigenvalue weighted by atomic mass is 9.93. The average molecular weight is 294 g/mol. The Balaban J connectivity index is 2.25. The zero-order chi connectivity index (χ0) is 12.0. The molecule has 1 fully saturated rings. The SMILES string of the molecule is Cn1cc(C2(C)CCCO2)c2cc(Br)ccc21. The lowest BCUT2D eigenvalue weighted by Crippen LogP contribution is -2.19. The molecule has 0 bridgehead atoms. The highest BCUT2D eigenvalue weighted by Crippen LogP contribution is 2.40. The maximum atomic E-state index is 5.96. The number of rotatable bonds is 1. The number of benzene rings is 1. The van der Waals surface area contributed by atoms with Gasteiger partial charge >= 0.3 is 0 Å². The van der Waals surface area contributed by atoms with Gasteiger partial charge in [0.25, 0.3) is 0 Å². The van der Waals surface area contributed by atoms with Gasteiger partial charge in [-0.3, -0.25) is 0 Å². The van der Waals surface area contributed by atoms with Gasteiger partial charge in [0.1, 0.15) is 0 Å². The number of aryl methyl sites for hydroxylation is 1. The van der Waals surface area contributed by atoms with Gasteiger partial charge in [-0.1, -0.05) is 15.9 Å². The van der Waals surface area contributed by atoms with Crippen LogP contribution in [0.4, 0.5) is 0 Å². The summed E-state index contributed by atoms with van der Waals surface area (Å²) in [5.74, 6) is 0. The molecule has 1 aliphatic rings. The molecule has 0 saturated carbocycles. The molecular weight excluding hydrogens is 278 g/mol. The lowest BCUT2D eigenvalue weighted by Gasteiger charge is -2.22. The van der Waals surface area contributed by atoms with Gasteiger partial charge in [-0.2, -0.15) is 0 Å². The Morgan fingerprint density at radius 3 is 2.94 bits per heavy atom. The van der Waals surface area contributed by atoms with Crippen molar-refractivity contribution >= 4 is 26.8 Å². The fraction of sp³-hybridized carbons (Fsp3) is 0.429. The first-order chi connectivity index (χ1) is 8.10. The van der Waals surface area contributed by atoms with Crippen LogP contribution >= 0.6 is 15.9 Å². The van der Waals surface area contributed by atoms with Gasteiger partial charge in [0.05, 0.1) is 5.60 Å². The lowest BCUT2D eigenvalue weighted by molar-refractivity contribution is 0.0179. The molecule has 0 aliphatic carbocycles. The number of ether oxygens (including phenoxy) is 1. The van der Waals surface area contributed by atoms with Gasteiger partial charge < -0.3 is 9.30 Å². The van der Waals surface area contributed by atoms with Crippen LogP contribution in [0, 0.1) is 0 Å². The molecule has 0 N–H and O–H groups in total. The van der Waals surface area contributed by atoms with E-state index in [0.29, 0.717) is 0 Å². The maximum absolute atomic E-state index is 5.96. The van der Waals surface area contributed by atoms with Crippen molar-refractivity contribution in [1.29, 1.82) is 0 Å². The third-order valence-electron chi connectivity index (χ3n) is 3.74. The topological polar surface area (TPSA) is 14.2 Å². The third kappa shape index (κ3) is 1.72. The van der Waals surface area contributed by atoms with Crippen LogP contribution in [0.25, 0.3) is 10.9 Å². The van der Waals surface area contributed by atoms with Crippen molar-refractivity contribution in [3.05, 3.63) is 34.4 Å². The minimum atomic E-state index is -0.111. The van der Waals surface area contributed by atoms with Crippen LogP contribution in [-0.2, 0) is 17.4 Å². The smallest absolute Gasteiger partial charge is 0.0924 e. The maximum Gasteiger partial charge on any atom is 0.0924 e. The van der Waals surface area contributed by atoms with E-state index in [1.807, 2.05) is 0 Å². The van der Waals surface area contributed by atoms with Gasteiger partial charge in [-0.05, 0) is 38.0 Å². The summed E-state index contributed by atoms with van der Waals surface area (Å²) in [4.78, 5) is 0. The van der Waals surface area contributed by atoms with Crippen molar-refractivity contribution in [2.75, 3.05) is 6.61 Å². The van der Waals surface area contributed by atoms with Crippen LogP contribution in [0.5, 0.6) is 0 Å². The van der Waals surface area contributed by atoms with E-state index >= 15 is 0 Å². The van der Waals surface area contributed by atoms with E-state index in [9.17, 15) is 0 Å². The van der Waals surface area contributed by atoms with Crippen LogP contribution in [0.3, 0.4) is 0 Å². The van der Waals surface area contributed by atoms with Gasteiger partial charge in [-0.15, -0.1) is 0 Å². The first kappa shape index (κ1) is 11.3. The van der Waals surface area contributed by atoms with Crippen molar-refractivity contribution in [1.82, 2.24) is 4.57 Å². The van der Waals surface area contributed by atoms with E-state index in [1.54, 1.807) is 0 Å². The Morgan fingerprint density at radius 1 is 1.41 bits per heavy atom. The van der Waals surface area contributed by atoms with E-state index in [1.165, 1.54) is 16.5 Å². The molecule has 1 atom stereocenters. The van der Waals surface area contributed by atoms with Crippen LogP contribution in [0.15, 0.2) is 28.9 Å². The number of hydrogen-bond donors (Lipinski definition) is 0. The normalized spacial score (nSPS) is 24.6. The number of halogens is 1. The number of nitrogens with zero attached hydrogens (tertiary/aromatic N) is 1. The summed E-state index contributed by atoms with van der Waals surface area (Å²) in [5.41, 5.74) is 2.47. The first-order valence-corrected chi connectivity index (χ1v) is 6.78. The van der Waals surface area contributed by atoms with Gasteiger partial charge in [0, 0.05) is 40.8 Å². The number of fused-ring (bicyclic) bond motifs is 1. The highest BCUT2D eigenvalue weighted by Gasteiger charge is 2.34. The molecule has 1 saturated heterocycles. The predicted molar refractivity (Wildman–Crippen MR) is 73.2 cm³/mol. The summed E-state index contributed by atoms with van der Waals surface area (Å²) < 4.78 is 9.27. The zero-order valence-electron chi connectivity index (χ0n) is 10.2. The summed E-state index contributed by atoms with van der Waals surface area (Å²) in [7, 11) is 2.10. The van der Waals surface area contributed by atoms with Crippen molar-refractivity contribution in [2.45, 2.75) is 25.4 Å². The average Bonchev–Trinajstić information content (AvgIpc) is 2.85. The quantitative estimate of drug-likeness (QED) is 0.776. The summed E-state index contributed by atoms with van der Waals surface area (Å²) in [6.07, 6.45) is 4.47. The molecule has 2 nitrogen and oxygen atoms in total. The fourth-order valence-electron chi connectivity index (χ4n) is 2.78. The minimum Gasteiger partial charge on any atom is -0.371 e. The Hall–Kier alpha value is -0.800. The summed E-state index contributed by atoms with van der Waals surface area (Å²) in [6.45, 7) is 3.08. The molecule has 1 aliphatic heterocycles. The van der Waals surface area contributed by atoms with E-state index in [0.717, 1.165) is 23.9 Å². The van der Waals surface area contributed by atoms with E-state index in [4.69, 9.17) is 4.74 Å². The monoisotopic (exact) mass is 293 g/mol. The van der Waals surface area contributed by atoms with Gasteiger partial charge in [0.2, 0.25) is 0 Å². The van der Waals surface area contributed by atoms with Crippen molar-refractivity contribution < 1.29 is 4.74 Å². The highest BCUT2D eigenvalue weighted by molar-refractivity contribution is 9.10. The molecule has 2 heterocycles. The van der Waals surface area contributed by atoms with Gasteiger partial charge in [0.15, 0.2) is 0 Å². The molecule has 17 heavy (non-hydrogen) atoms. The van der Waals surface area contributed by atoms with Crippen LogP contribution < -0.4 is 0 Å². The predicted octanol–water partition coefficient (Wildman–Crippen LogP) is 3.97. The first-order valence-electron chi connectivity index (χ1n) is 5.99. The van der Waals surface area contributed by atoms with Crippen LogP contribution in [-0.4, -0.2) is 11.2 Å². The molecule has 3 rings (SSSR count). The Bertz CT molecular complexity index is 567. The fourth-order valence-corrected chi connectivity index (χ4v) is 3.14. The molecule has 1 unspecified atom stereocenters. The molecule has 1 aromatic heterocycles. The molecule has 1 aromatic carbocycles. The van der Waals surface area contributed by atoms with Gasteiger partial charge in [-0.25, -0.2) is 0 Å². The summed E-state index contributed by atoms with van der Waals surface area (Å²) in [5, 5.41) is 1.30. The molecule has 90 valence electrons. The third-order valence-corrected chi connectivity index (χ3v) is 4.23. The van der Waals surface area contributed by atoms with Crippen molar-refractivity contribution in [3.63, 3.8) is 0 Å². The Labute approximate surface area is 110 Å². The Morgan fingerprint density at radius 2 is 2.24 bits per heavy atom. The highest BCUT2D eigenvalue weighted by atomic mass is 79.9. The second-order valence-corrected chi connectivity index (χ2v) is 5.91. The molecular formula is C14H16BrNO. The van der Waals surface area contributed by atoms with Crippen LogP contribution in [0.1, 0.15) is 25.3 Å². The molecule has 0 amide bonds.